The predicted molar refractivity (Wildman–Crippen MR) is 70.9 cm³/mol. The molecule has 1 heterocycles. The zero-order valence-corrected chi connectivity index (χ0v) is 10.7. The molecule has 0 saturated heterocycles. The number of pyridine rings is 1. The molecule has 1 atom stereocenters. The van der Waals surface area contributed by atoms with Crippen LogP contribution in [0.1, 0.15) is 18.7 Å². The number of methoxy groups -OCH3 is 1. The number of hydrogen-bond acceptors (Lipinski definition) is 4. The second-order valence-corrected chi connectivity index (χ2v) is 4.15. The lowest BCUT2D eigenvalue weighted by Gasteiger charge is -2.15. The first-order valence-electron chi connectivity index (χ1n) is 5.85. The minimum Gasteiger partial charge on any atom is -0.504 e. The van der Waals surface area contributed by atoms with Gasteiger partial charge in [-0.3, -0.25) is 4.98 Å². The highest BCUT2D eigenvalue weighted by Crippen LogP contribution is 2.30. The molecule has 1 unspecified atom stereocenters. The Bertz CT molecular complexity index is 558. The number of halogens is 1. The highest BCUT2D eigenvalue weighted by Gasteiger charge is 2.08. The van der Waals surface area contributed by atoms with Crippen molar-refractivity contribution in [2.45, 2.75) is 13.0 Å². The summed E-state index contributed by atoms with van der Waals surface area (Å²) in [6.45, 7) is 1.90. The van der Waals surface area contributed by atoms with Crippen LogP contribution in [0.25, 0.3) is 0 Å². The van der Waals surface area contributed by atoms with Crippen LogP contribution in [0.5, 0.6) is 11.5 Å². The van der Waals surface area contributed by atoms with Crippen molar-refractivity contribution in [1.82, 2.24) is 4.98 Å². The van der Waals surface area contributed by atoms with Crippen LogP contribution >= 0.6 is 0 Å². The van der Waals surface area contributed by atoms with E-state index in [9.17, 15) is 9.50 Å². The number of phenolic OH excluding ortho intramolecular Hbond substituents is 1. The summed E-state index contributed by atoms with van der Waals surface area (Å²) in [6, 6.07) is 7.91. The molecule has 0 aliphatic rings. The minimum atomic E-state index is -0.363. The lowest BCUT2D eigenvalue weighted by molar-refractivity contribution is 0.373. The molecule has 0 saturated carbocycles. The lowest BCUT2D eigenvalue weighted by Crippen LogP contribution is -2.08. The molecule has 0 aliphatic heterocycles. The summed E-state index contributed by atoms with van der Waals surface area (Å²) in [4.78, 5) is 4.01. The molecule has 0 aliphatic carbocycles. The third-order valence-electron chi connectivity index (χ3n) is 2.76. The van der Waals surface area contributed by atoms with Gasteiger partial charge in [0.25, 0.3) is 0 Å². The van der Waals surface area contributed by atoms with Crippen molar-refractivity contribution in [1.29, 1.82) is 0 Å². The number of anilines is 1. The van der Waals surface area contributed by atoms with E-state index >= 15 is 0 Å². The quantitative estimate of drug-likeness (QED) is 0.889. The van der Waals surface area contributed by atoms with Gasteiger partial charge in [0.1, 0.15) is 5.82 Å². The molecule has 0 fully saturated rings. The Morgan fingerprint density at radius 2 is 2.11 bits per heavy atom. The van der Waals surface area contributed by atoms with E-state index in [0.717, 1.165) is 11.4 Å². The van der Waals surface area contributed by atoms with Gasteiger partial charge in [-0.15, -0.1) is 0 Å². The number of aromatic hydroxyl groups is 1. The van der Waals surface area contributed by atoms with Gasteiger partial charge in [0.2, 0.25) is 0 Å². The first-order chi connectivity index (χ1) is 9.10. The summed E-state index contributed by atoms with van der Waals surface area (Å²) in [7, 11) is 1.49. The molecule has 2 N–H and O–H groups in total. The van der Waals surface area contributed by atoms with Crippen LogP contribution in [0.4, 0.5) is 10.1 Å². The topological polar surface area (TPSA) is 54.4 Å². The van der Waals surface area contributed by atoms with Crippen LogP contribution in [-0.4, -0.2) is 17.2 Å². The van der Waals surface area contributed by atoms with Gasteiger partial charge in [-0.2, -0.15) is 0 Å². The van der Waals surface area contributed by atoms with Crippen molar-refractivity contribution in [2.75, 3.05) is 12.4 Å². The first-order valence-corrected chi connectivity index (χ1v) is 5.85. The van der Waals surface area contributed by atoms with Crippen molar-refractivity contribution >= 4 is 5.69 Å². The maximum Gasteiger partial charge on any atom is 0.160 e. The van der Waals surface area contributed by atoms with Gasteiger partial charge in [0, 0.05) is 11.8 Å². The average molecular weight is 262 g/mol. The number of benzene rings is 1. The Hall–Kier alpha value is -2.30. The number of nitrogens with zero attached hydrogens (tertiary/aromatic N) is 1. The zero-order chi connectivity index (χ0) is 13.8. The molecule has 2 aromatic rings. The Balaban J connectivity index is 2.12. The van der Waals surface area contributed by atoms with E-state index in [4.69, 9.17) is 4.74 Å². The molecule has 100 valence electrons. The fraction of sp³-hybridized carbons (Fsp3) is 0.214. The van der Waals surface area contributed by atoms with Crippen LogP contribution in [0, 0.1) is 5.82 Å². The van der Waals surface area contributed by atoms with E-state index in [0.29, 0.717) is 5.75 Å². The second kappa shape index (κ2) is 5.56. The van der Waals surface area contributed by atoms with Gasteiger partial charge in [-0.05, 0) is 31.2 Å². The summed E-state index contributed by atoms with van der Waals surface area (Å²) >= 11 is 0. The second-order valence-electron chi connectivity index (χ2n) is 4.15. The third kappa shape index (κ3) is 3.13. The number of phenols is 1. The third-order valence-corrected chi connectivity index (χ3v) is 2.76. The molecule has 2 rings (SSSR count). The Kier molecular flexibility index (Phi) is 3.85. The van der Waals surface area contributed by atoms with Crippen molar-refractivity contribution in [3.63, 3.8) is 0 Å². The SMILES string of the molecule is COc1ccc(NC(C)c2ccc(F)cn2)cc1O. The molecule has 0 radical (unpaired) electrons. The van der Waals surface area contributed by atoms with E-state index < -0.39 is 0 Å². The molecule has 5 heteroatoms. The zero-order valence-electron chi connectivity index (χ0n) is 10.7. The fourth-order valence-electron chi connectivity index (χ4n) is 1.75. The highest BCUT2D eigenvalue weighted by atomic mass is 19.1. The van der Waals surface area contributed by atoms with E-state index in [-0.39, 0.29) is 17.6 Å². The van der Waals surface area contributed by atoms with Crippen molar-refractivity contribution < 1.29 is 14.2 Å². The Labute approximate surface area is 110 Å². The summed E-state index contributed by atoms with van der Waals surface area (Å²) < 4.78 is 17.8. The van der Waals surface area contributed by atoms with Crippen molar-refractivity contribution in [3.8, 4) is 11.5 Å². The Morgan fingerprint density at radius 1 is 1.32 bits per heavy atom. The minimum absolute atomic E-state index is 0.0618. The molecule has 19 heavy (non-hydrogen) atoms. The number of aromatic nitrogens is 1. The van der Waals surface area contributed by atoms with Crippen LogP contribution in [0.2, 0.25) is 0 Å². The maximum atomic E-state index is 12.8. The molecule has 0 amide bonds. The summed E-state index contributed by atoms with van der Waals surface area (Å²) in [5.74, 6) is 0.114. The molecular weight excluding hydrogens is 247 g/mol. The predicted octanol–water partition coefficient (Wildman–Crippen LogP) is 3.11. The van der Waals surface area contributed by atoms with E-state index in [2.05, 4.69) is 10.3 Å². The van der Waals surface area contributed by atoms with Gasteiger partial charge in [-0.1, -0.05) is 0 Å². The van der Waals surface area contributed by atoms with E-state index in [1.165, 1.54) is 19.4 Å². The summed E-state index contributed by atoms with van der Waals surface area (Å²) in [5, 5.41) is 12.9. The molecular formula is C14H15FN2O2. The number of nitrogens with one attached hydrogen (secondary N) is 1. The number of ether oxygens (including phenoxy) is 1. The van der Waals surface area contributed by atoms with Crippen LogP contribution < -0.4 is 10.1 Å². The molecule has 4 nitrogen and oxygen atoms in total. The molecule has 1 aromatic heterocycles. The largest absolute Gasteiger partial charge is 0.504 e. The van der Waals surface area contributed by atoms with Crippen LogP contribution in [-0.2, 0) is 0 Å². The fourth-order valence-corrected chi connectivity index (χ4v) is 1.75. The van der Waals surface area contributed by atoms with Crippen molar-refractivity contribution in [3.05, 3.63) is 48.0 Å². The van der Waals surface area contributed by atoms with Gasteiger partial charge in [-0.25, -0.2) is 4.39 Å². The average Bonchev–Trinajstić information content (AvgIpc) is 2.39. The van der Waals surface area contributed by atoms with Gasteiger partial charge in [0.15, 0.2) is 11.5 Å². The van der Waals surface area contributed by atoms with Crippen LogP contribution in [0.3, 0.4) is 0 Å². The Morgan fingerprint density at radius 3 is 2.68 bits per heavy atom. The normalized spacial score (nSPS) is 11.9. The van der Waals surface area contributed by atoms with E-state index in [1.54, 1.807) is 24.3 Å². The maximum absolute atomic E-state index is 12.8. The highest BCUT2D eigenvalue weighted by molar-refractivity contribution is 5.54. The summed E-state index contributed by atoms with van der Waals surface area (Å²) in [5.41, 5.74) is 1.45. The molecule has 1 aromatic carbocycles. The molecule has 0 spiro atoms. The number of hydrogen-bond donors (Lipinski definition) is 2. The monoisotopic (exact) mass is 262 g/mol. The van der Waals surface area contributed by atoms with Crippen molar-refractivity contribution in [2.24, 2.45) is 0 Å². The standard InChI is InChI=1S/C14H15FN2O2/c1-9(12-5-3-10(15)8-16-12)17-11-4-6-14(19-2)13(18)7-11/h3-9,17-18H,1-2H3. The lowest BCUT2D eigenvalue weighted by atomic mass is 10.2. The first kappa shape index (κ1) is 13.1. The van der Waals surface area contributed by atoms with Gasteiger partial charge < -0.3 is 15.2 Å². The smallest absolute Gasteiger partial charge is 0.160 e. The van der Waals surface area contributed by atoms with Gasteiger partial charge in [0.05, 0.1) is 25.0 Å². The van der Waals surface area contributed by atoms with Crippen LogP contribution in [0.15, 0.2) is 36.5 Å². The molecule has 0 bridgehead atoms. The number of rotatable bonds is 4. The van der Waals surface area contributed by atoms with E-state index in [1.807, 2.05) is 6.92 Å². The van der Waals surface area contributed by atoms with Gasteiger partial charge >= 0.3 is 0 Å². The summed E-state index contributed by atoms with van der Waals surface area (Å²) in [6.07, 6.45) is 1.18.